The molecule has 6 nitrogen and oxygen atoms in total. The lowest BCUT2D eigenvalue weighted by Gasteiger charge is -2.33. The summed E-state index contributed by atoms with van der Waals surface area (Å²) in [6, 6.07) is 8.14. The van der Waals surface area contributed by atoms with E-state index in [-0.39, 0.29) is 18.0 Å². The number of anilines is 1. The third kappa shape index (κ3) is 5.37. The van der Waals surface area contributed by atoms with Gasteiger partial charge in [0, 0.05) is 50.5 Å². The first-order chi connectivity index (χ1) is 13.0. The van der Waals surface area contributed by atoms with Crippen LogP contribution in [0.2, 0.25) is 0 Å². The average Bonchev–Trinajstić information content (AvgIpc) is 2.69. The van der Waals surface area contributed by atoms with Crippen molar-refractivity contribution in [2.45, 2.75) is 57.0 Å². The molecule has 3 amide bonds. The average molecular weight is 373 g/mol. The maximum atomic E-state index is 12.7. The van der Waals surface area contributed by atoms with E-state index in [0.29, 0.717) is 19.1 Å². The Morgan fingerprint density at radius 1 is 0.889 bits per heavy atom. The first kappa shape index (κ1) is 19.5. The summed E-state index contributed by atoms with van der Waals surface area (Å²) in [5.41, 5.74) is 1.81. The molecule has 1 saturated heterocycles. The lowest BCUT2D eigenvalue weighted by atomic mass is 9.96. The second-order valence-electron chi connectivity index (χ2n) is 7.96. The molecule has 0 aromatic heterocycles. The number of piperidine rings is 1. The Labute approximate surface area is 162 Å². The van der Waals surface area contributed by atoms with Crippen LogP contribution in [0.4, 0.5) is 10.5 Å². The fraction of sp³-hybridized carbons (Fsp3) is 0.619. The van der Waals surface area contributed by atoms with Crippen LogP contribution in [-0.2, 0) is 0 Å². The van der Waals surface area contributed by atoms with Crippen LogP contribution >= 0.6 is 0 Å². The number of carbonyl (C=O) groups is 2. The second-order valence-corrected chi connectivity index (χ2v) is 7.96. The number of nitrogens with zero attached hydrogens (tertiary/aromatic N) is 2. The molecule has 2 N–H and O–H groups in total. The number of nitrogens with one attached hydrogen (secondary N) is 2. The zero-order chi connectivity index (χ0) is 19.2. The first-order valence-corrected chi connectivity index (χ1v) is 10.2. The molecule has 27 heavy (non-hydrogen) atoms. The zero-order valence-electron chi connectivity index (χ0n) is 16.5. The molecular weight excluding hydrogens is 340 g/mol. The third-order valence-electron chi connectivity index (χ3n) is 5.69. The number of hydrogen-bond acceptors (Lipinski definition) is 3. The topological polar surface area (TPSA) is 64.7 Å². The van der Waals surface area contributed by atoms with Gasteiger partial charge in [-0.15, -0.1) is 0 Å². The molecule has 1 aromatic carbocycles. The van der Waals surface area contributed by atoms with E-state index < -0.39 is 0 Å². The summed E-state index contributed by atoms with van der Waals surface area (Å²) in [5, 5.41) is 6.20. The van der Waals surface area contributed by atoms with E-state index in [9.17, 15) is 9.59 Å². The highest BCUT2D eigenvalue weighted by molar-refractivity contribution is 5.94. The summed E-state index contributed by atoms with van der Waals surface area (Å²) < 4.78 is 0. The minimum Gasteiger partial charge on any atom is -0.378 e. The predicted molar refractivity (Wildman–Crippen MR) is 108 cm³/mol. The third-order valence-corrected chi connectivity index (χ3v) is 5.69. The molecule has 1 heterocycles. The van der Waals surface area contributed by atoms with Gasteiger partial charge in [0.25, 0.3) is 5.91 Å². The molecule has 0 radical (unpaired) electrons. The molecule has 2 fully saturated rings. The summed E-state index contributed by atoms with van der Waals surface area (Å²) in [4.78, 5) is 28.8. The van der Waals surface area contributed by atoms with Gasteiger partial charge in [0.1, 0.15) is 0 Å². The molecule has 1 saturated carbocycles. The van der Waals surface area contributed by atoms with Gasteiger partial charge in [-0.1, -0.05) is 19.3 Å². The molecule has 3 rings (SSSR count). The largest absolute Gasteiger partial charge is 0.378 e. The molecule has 0 atom stereocenters. The standard InChI is InChI=1S/C21H32N4O2/c1-24(2)19-10-8-16(9-11-19)20(26)25-14-12-18(13-15-25)23-21(27)22-17-6-4-3-5-7-17/h8-11,17-18H,3-7,12-15H2,1-2H3,(H2,22,23,27). The molecule has 148 valence electrons. The van der Waals surface area contributed by atoms with E-state index in [2.05, 4.69) is 10.6 Å². The maximum Gasteiger partial charge on any atom is 0.315 e. The molecular formula is C21H32N4O2. The molecule has 1 aliphatic heterocycles. The van der Waals surface area contributed by atoms with Crippen LogP contribution in [0, 0.1) is 0 Å². The van der Waals surface area contributed by atoms with E-state index in [0.717, 1.165) is 36.9 Å². The van der Waals surface area contributed by atoms with Crippen molar-refractivity contribution in [3.8, 4) is 0 Å². The van der Waals surface area contributed by atoms with Crippen molar-refractivity contribution in [3.63, 3.8) is 0 Å². The lowest BCUT2D eigenvalue weighted by molar-refractivity contribution is 0.0708. The van der Waals surface area contributed by atoms with Gasteiger partial charge < -0.3 is 20.4 Å². The van der Waals surface area contributed by atoms with Crippen LogP contribution in [0.25, 0.3) is 0 Å². The zero-order valence-corrected chi connectivity index (χ0v) is 16.5. The number of amides is 3. The van der Waals surface area contributed by atoms with Gasteiger partial charge in [-0.05, 0) is 49.9 Å². The van der Waals surface area contributed by atoms with Crippen molar-refractivity contribution in [2.75, 3.05) is 32.1 Å². The number of rotatable bonds is 4. The summed E-state index contributed by atoms with van der Waals surface area (Å²) in [6.07, 6.45) is 7.49. The summed E-state index contributed by atoms with van der Waals surface area (Å²) in [7, 11) is 3.97. The van der Waals surface area contributed by atoms with Gasteiger partial charge in [-0.25, -0.2) is 4.79 Å². The van der Waals surface area contributed by atoms with E-state index >= 15 is 0 Å². The summed E-state index contributed by atoms with van der Waals surface area (Å²) >= 11 is 0. The summed E-state index contributed by atoms with van der Waals surface area (Å²) in [5.74, 6) is 0.0745. The second kappa shape index (κ2) is 9.11. The summed E-state index contributed by atoms with van der Waals surface area (Å²) in [6.45, 7) is 1.37. The smallest absolute Gasteiger partial charge is 0.315 e. The lowest BCUT2D eigenvalue weighted by Crippen LogP contribution is -2.51. The highest BCUT2D eigenvalue weighted by atomic mass is 16.2. The Balaban J connectivity index is 1.43. The fourth-order valence-corrected chi connectivity index (χ4v) is 3.97. The Morgan fingerprint density at radius 2 is 1.44 bits per heavy atom. The van der Waals surface area contributed by atoms with Crippen LogP contribution < -0.4 is 15.5 Å². The molecule has 0 spiro atoms. The van der Waals surface area contributed by atoms with Gasteiger partial charge in [0.15, 0.2) is 0 Å². The van der Waals surface area contributed by atoms with Crippen molar-refractivity contribution in [3.05, 3.63) is 29.8 Å². The van der Waals surface area contributed by atoms with Gasteiger partial charge in [0.05, 0.1) is 0 Å². The van der Waals surface area contributed by atoms with Gasteiger partial charge in [-0.2, -0.15) is 0 Å². The molecule has 1 aromatic rings. The van der Waals surface area contributed by atoms with Crippen LogP contribution in [0.15, 0.2) is 24.3 Å². The van der Waals surface area contributed by atoms with Crippen molar-refractivity contribution >= 4 is 17.6 Å². The SMILES string of the molecule is CN(C)c1ccc(C(=O)N2CCC(NC(=O)NC3CCCCC3)CC2)cc1. The number of likely N-dealkylation sites (tertiary alicyclic amines) is 1. The highest BCUT2D eigenvalue weighted by Gasteiger charge is 2.25. The Hall–Kier alpha value is -2.24. The van der Waals surface area contributed by atoms with Crippen LogP contribution in [0.3, 0.4) is 0 Å². The van der Waals surface area contributed by atoms with Crippen molar-refractivity contribution in [1.82, 2.24) is 15.5 Å². The van der Waals surface area contributed by atoms with Crippen molar-refractivity contribution < 1.29 is 9.59 Å². The van der Waals surface area contributed by atoms with Gasteiger partial charge in [0.2, 0.25) is 0 Å². The van der Waals surface area contributed by atoms with E-state index in [1.54, 1.807) is 0 Å². The van der Waals surface area contributed by atoms with Crippen LogP contribution in [-0.4, -0.2) is 56.1 Å². The molecule has 0 unspecified atom stereocenters. The fourth-order valence-electron chi connectivity index (χ4n) is 3.97. The minimum atomic E-state index is -0.0500. The maximum absolute atomic E-state index is 12.7. The molecule has 0 bridgehead atoms. The quantitative estimate of drug-likeness (QED) is 0.854. The Kier molecular flexibility index (Phi) is 6.58. The Bertz CT molecular complexity index is 630. The van der Waals surface area contributed by atoms with Crippen LogP contribution in [0.5, 0.6) is 0 Å². The van der Waals surface area contributed by atoms with Crippen molar-refractivity contribution in [2.24, 2.45) is 0 Å². The van der Waals surface area contributed by atoms with Crippen LogP contribution in [0.1, 0.15) is 55.3 Å². The number of hydrogen-bond donors (Lipinski definition) is 2. The molecule has 2 aliphatic rings. The minimum absolute atomic E-state index is 0.0500. The first-order valence-electron chi connectivity index (χ1n) is 10.2. The van der Waals surface area contributed by atoms with Gasteiger partial charge >= 0.3 is 6.03 Å². The van der Waals surface area contributed by atoms with Crippen molar-refractivity contribution in [1.29, 1.82) is 0 Å². The molecule has 6 heteroatoms. The highest BCUT2D eigenvalue weighted by Crippen LogP contribution is 2.19. The number of benzene rings is 1. The van der Waals surface area contributed by atoms with E-state index in [1.165, 1.54) is 19.3 Å². The van der Waals surface area contributed by atoms with Gasteiger partial charge in [-0.3, -0.25) is 4.79 Å². The Morgan fingerprint density at radius 3 is 2.00 bits per heavy atom. The van der Waals surface area contributed by atoms with E-state index in [4.69, 9.17) is 0 Å². The van der Waals surface area contributed by atoms with E-state index in [1.807, 2.05) is 48.2 Å². The normalized spacial score (nSPS) is 18.8. The number of carbonyl (C=O) groups excluding carboxylic acids is 2. The predicted octanol–water partition coefficient (Wildman–Crippen LogP) is 2.99. The molecule has 1 aliphatic carbocycles. The number of urea groups is 1. The monoisotopic (exact) mass is 372 g/mol.